The molecule has 122 valence electrons. The zero-order chi connectivity index (χ0) is 17.4. The lowest BCUT2D eigenvalue weighted by molar-refractivity contribution is 0.102. The molecule has 0 atom stereocenters. The van der Waals surface area contributed by atoms with Gasteiger partial charge in [0, 0.05) is 27.5 Å². The van der Waals surface area contributed by atoms with Crippen LogP contribution in [0.4, 0.5) is 5.95 Å². The first-order chi connectivity index (χ1) is 11.3. The van der Waals surface area contributed by atoms with E-state index in [2.05, 4.69) is 20.3 Å². The number of carbonyl (C=O) groups excluding carboxylic acids is 1. The Morgan fingerprint density at radius 2 is 1.67 bits per heavy atom. The van der Waals surface area contributed by atoms with E-state index in [9.17, 15) is 4.79 Å². The second-order valence-corrected chi connectivity index (χ2v) is 6.21. The number of aryl methyl sites for hydroxylation is 3. The molecule has 0 unspecified atom stereocenters. The van der Waals surface area contributed by atoms with E-state index in [0.29, 0.717) is 21.9 Å². The van der Waals surface area contributed by atoms with Crippen LogP contribution in [0.25, 0.3) is 10.9 Å². The highest BCUT2D eigenvalue weighted by molar-refractivity contribution is 6.31. The molecule has 0 saturated carbocycles. The largest absolute Gasteiger partial charge is 0.290 e. The summed E-state index contributed by atoms with van der Waals surface area (Å²) in [6, 6.07) is 7.04. The van der Waals surface area contributed by atoms with E-state index in [1.165, 1.54) is 0 Å². The van der Waals surface area contributed by atoms with Crippen LogP contribution in [0.3, 0.4) is 0 Å². The number of fused-ring (bicyclic) bond motifs is 1. The topological polar surface area (TPSA) is 67.8 Å². The van der Waals surface area contributed by atoms with Crippen molar-refractivity contribution in [3.05, 3.63) is 57.5 Å². The van der Waals surface area contributed by atoms with Crippen LogP contribution in [0.2, 0.25) is 5.02 Å². The molecule has 5 nitrogen and oxygen atoms in total. The number of halogens is 1. The van der Waals surface area contributed by atoms with Crippen LogP contribution >= 0.6 is 11.6 Å². The predicted molar refractivity (Wildman–Crippen MR) is 95.7 cm³/mol. The zero-order valence-electron chi connectivity index (χ0n) is 13.9. The summed E-state index contributed by atoms with van der Waals surface area (Å²) in [5, 5.41) is 4.03. The van der Waals surface area contributed by atoms with Crippen LogP contribution in [0.5, 0.6) is 0 Å². The fraction of sp³-hybridized carbons (Fsp3) is 0.222. The maximum Gasteiger partial charge on any atom is 0.258 e. The lowest BCUT2D eigenvalue weighted by atomic mass is 10.1. The summed E-state index contributed by atoms with van der Waals surface area (Å²) < 4.78 is 0. The van der Waals surface area contributed by atoms with E-state index in [0.717, 1.165) is 28.2 Å². The molecule has 1 aromatic carbocycles. The number of amides is 1. The van der Waals surface area contributed by atoms with Crippen molar-refractivity contribution in [2.24, 2.45) is 0 Å². The van der Waals surface area contributed by atoms with Crippen molar-refractivity contribution in [3.8, 4) is 0 Å². The molecule has 3 rings (SSSR count). The monoisotopic (exact) mass is 340 g/mol. The molecule has 2 heterocycles. The second-order valence-electron chi connectivity index (χ2n) is 5.77. The molecular formula is C18H17ClN4O. The molecule has 3 aromatic rings. The van der Waals surface area contributed by atoms with Crippen molar-refractivity contribution in [3.63, 3.8) is 0 Å². The summed E-state index contributed by atoms with van der Waals surface area (Å²) in [4.78, 5) is 25.8. The van der Waals surface area contributed by atoms with Gasteiger partial charge in [0.05, 0.1) is 11.1 Å². The van der Waals surface area contributed by atoms with E-state index in [-0.39, 0.29) is 5.91 Å². The van der Waals surface area contributed by atoms with Crippen molar-refractivity contribution < 1.29 is 4.79 Å². The lowest BCUT2D eigenvalue weighted by Gasteiger charge is -2.10. The number of anilines is 1. The van der Waals surface area contributed by atoms with Crippen LogP contribution in [0.1, 0.15) is 33.0 Å². The minimum absolute atomic E-state index is 0.282. The van der Waals surface area contributed by atoms with Gasteiger partial charge in [-0.25, -0.2) is 9.97 Å². The summed E-state index contributed by atoms with van der Waals surface area (Å²) in [5.74, 6) is 0.0145. The minimum Gasteiger partial charge on any atom is -0.290 e. The van der Waals surface area contributed by atoms with Gasteiger partial charge >= 0.3 is 0 Å². The van der Waals surface area contributed by atoms with Gasteiger partial charge in [-0.15, -0.1) is 0 Å². The summed E-state index contributed by atoms with van der Waals surface area (Å²) >= 11 is 6.07. The van der Waals surface area contributed by atoms with Crippen molar-refractivity contribution in [2.75, 3.05) is 5.32 Å². The number of rotatable bonds is 2. The Kier molecular flexibility index (Phi) is 4.20. The Hall–Kier alpha value is -2.53. The standard InChI is InChI=1S/C18H17ClN4O/c1-9-7-15(14-8-13(19)5-6-16(14)20-9)17(24)23-18-21-11(3)10(2)12(4)22-18/h5-8H,1-4H3,(H,21,22,23,24). The summed E-state index contributed by atoms with van der Waals surface area (Å²) in [6.07, 6.45) is 0. The van der Waals surface area contributed by atoms with Gasteiger partial charge in [0.25, 0.3) is 5.91 Å². The van der Waals surface area contributed by atoms with Gasteiger partial charge in [-0.1, -0.05) is 11.6 Å². The third-order valence-electron chi connectivity index (χ3n) is 4.00. The van der Waals surface area contributed by atoms with Crippen molar-refractivity contribution in [1.29, 1.82) is 0 Å². The van der Waals surface area contributed by atoms with Crippen LogP contribution in [0, 0.1) is 27.7 Å². The highest BCUT2D eigenvalue weighted by Gasteiger charge is 2.15. The molecule has 0 saturated heterocycles. The van der Waals surface area contributed by atoms with Gasteiger partial charge in [-0.2, -0.15) is 0 Å². The Labute approximate surface area is 145 Å². The van der Waals surface area contributed by atoms with Gasteiger partial charge in [0.15, 0.2) is 0 Å². The summed E-state index contributed by atoms with van der Waals surface area (Å²) in [6.45, 7) is 7.59. The Morgan fingerprint density at radius 3 is 2.33 bits per heavy atom. The number of hydrogen-bond acceptors (Lipinski definition) is 4. The number of pyridine rings is 1. The van der Waals surface area contributed by atoms with Crippen molar-refractivity contribution >= 4 is 34.4 Å². The second kappa shape index (κ2) is 6.17. The summed E-state index contributed by atoms with van der Waals surface area (Å²) in [7, 11) is 0. The molecule has 1 N–H and O–H groups in total. The first-order valence-corrected chi connectivity index (χ1v) is 7.93. The fourth-order valence-corrected chi connectivity index (χ4v) is 2.69. The molecular weight excluding hydrogens is 324 g/mol. The van der Waals surface area contributed by atoms with E-state index in [4.69, 9.17) is 11.6 Å². The van der Waals surface area contributed by atoms with Crippen molar-refractivity contribution in [2.45, 2.75) is 27.7 Å². The molecule has 2 aromatic heterocycles. The highest BCUT2D eigenvalue weighted by Crippen LogP contribution is 2.23. The Morgan fingerprint density at radius 1 is 1.00 bits per heavy atom. The van der Waals surface area contributed by atoms with Gasteiger partial charge in [-0.05, 0) is 57.5 Å². The molecule has 0 fully saturated rings. The van der Waals surface area contributed by atoms with Crippen LogP contribution in [-0.4, -0.2) is 20.9 Å². The van der Waals surface area contributed by atoms with Crippen LogP contribution in [-0.2, 0) is 0 Å². The first-order valence-electron chi connectivity index (χ1n) is 7.55. The zero-order valence-corrected chi connectivity index (χ0v) is 14.7. The highest BCUT2D eigenvalue weighted by atomic mass is 35.5. The smallest absolute Gasteiger partial charge is 0.258 e. The molecule has 0 bridgehead atoms. The molecule has 0 aliphatic carbocycles. The maximum atomic E-state index is 12.7. The fourth-order valence-electron chi connectivity index (χ4n) is 2.52. The van der Waals surface area contributed by atoms with Gasteiger partial charge in [0.2, 0.25) is 5.95 Å². The van der Waals surface area contributed by atoms with E-state index in [1.807, 2.05) is 27.7 Å². The first kappa shape index (κ1) is 16.3. The third-order valence-corrected chi connectivity index (χ3v) is 4.24. The normalized spacial score (nSPS) is 10.9. The van der Waals surface area contributed by atoms with Crippen LogP contribution < -0.4 is 5.32 Å². The predicted octanol–water partition coefficient (Wildman–Crippen LogP) is 4.16. The number of benzene rings is 1. The molecule has 24 heavy (non-hydrogen) atoms. The quantitative estimate of drug-likeness (QED) is 0.760. The van der Waals surface area contributed by atoms with E-state index >= 15 is 0 Å². The van der Waals surface area contributed by atoms with E-state index < -0.39 is 0 Å². The van der Waals surface area contributed by atoms with E-state index in [1.54, 1.807) is 24.3 Å². The third kappa shape index (κ3) is 3.08. The number of nitrogens with zero attached hydrogens (tertiary/aromatic N) is 3. The Bertz CT molecular complexity index is 946. The average molecular weight is 341 g/mol. The molecule has 0 aliphatic heterocycles. The molecule has 6 heteroatoms. The molecule has 0 radical (unpaired) electrons. The lowest BCUT2D eigenvalue weighted by Crippen LogP contribution is -2.16. The number of aromatic nitrogens is 3. The minimum atomic E-state index is -0.282. The number of hydrogen-bond donors (Lipinski definition) is 1. The van der Waals surface area contributed by atoms with Gasteiger partial charge < -0.3 is 0 Å². The summed E-state index contributed by atoms with van der Waals surface area (Å²) in [5.41, 5.74) is 4.69. The molecule has 0 spiro atoms. The number of carbonyl (C=O) groups is 1. The average Bonchev–Trinajstić information content (AvgIpc) is 2.52. The van der Waals surface area contributed by atoms with Crippen LogP contribution in [0.15, 0.2) is 24.3 Å². The number of nitrogens with one attached hydrogen (secondary N) is 1. The molecule has 0 aliphatic rings. The van der Waals surface area contributed by atoms with Gasteiger partial charge in [-0.3, -0.25) is 15.1 Å². The Balaban J connectivity index is 2.04. The molecule has 1 amide bonds. The maximum absolute atomic E-state index is 12.7. The van der Waals surface area contributed by atoms with Crippen molar-refractivity contribution in [1.82, 2.24) is 15.0 Å². The SMILES string of the molecule is Cc1cc(C(=O)Nc2nc(C)c(C)c(C)n2)c2cc(Cl)ccc2n1. The van der Waals surface area contributed by atoms with Gasteiger partial charge in [0.1, 0.15) is 0 Å².